The standard InChI is InChI=1S/C15H31N3O2/c1-4-9-17-15(14(16)19,13-7-8-13)12-18(5-2)10-11-20-6-3/h13,17H,4-12H2,1-3H3,(H2,16,19). The van der Waals surface area contributed by atoms with E-state index in [4.69, 9.17) is 10.5 Å². The molecule has 0 radical (unpaired) electrons. The molecule has 1 rings (SSSR count). The highest BCUT2D eigenvalue weighted by Gasteiger charge is 2.50. The monoisotopic (exact) mass is 285 g/mol. The smallest absolute Gasteiger partial charge is 0.239 e. The van der Waals surface area contributed by atoms with Crippen LogP contribution in [-0.2, 0) is 9.53 Å². The van der Waals surface area contributed by atoms with Crippen molar-refractivity contribution in [1.29, 1.82) is 0 Å². The van der Waals surface area contributed by atoms with Crippen LogP contribution in [0.15, 0.2) is 0 Å². The number of carbonyl (C=O) groups is 1. The summed E-state index contributed by atoms with van der Waals surface area (Å²) in [6.45, 7) is 10.9. The van der Waals surface area contributed by atoms with Crippen molar-refractivity contribution in [3.63, 3.8) is 0 Å². The fourth-order valence-electron chi connectivity index (χ4n) is 2.66. The number of nitrogens with one attached hydrogen (secondary N) is 1. The van der Waals surface area contributed by atoms with Crippen LogP contribution >= 0.6 is 0 Å². The molecule has 1 amide bonds. The van der Waals surface area contributed by atoms with Gasteiger partial charge in [0.05, 0.1) is 6.61 Å². The molecule has 0 bridgehead atoms. The first kappa shape index (κ1) is 17.4. The third kappa shape index (κ3) is 4.72. The number of nitrogens with two attached hydrogens (primary N) is 1. The molecule has 0 aromatic carbocycles. The van der Waals surface area contributed by atoms with Crippen molar-refractivity contribution < 1.29 is 9.53 Å². The van der Waals surface area contributed by atoms with Gasteiger partial charge in [0.2, 0.25) is 5.91 Å². The molecular weight excluding hydrogens is 254 g/mol. The lowest BCUT2D eigenvalue weighted by molar-refractivity contribution is -0.126. The summed E-state index contributed by atoms with van der Waals surface area (Å²) in [7, 11) is 0. The van der Waals surface area contributed by atoms with E-state index in [9.17, 15) is 4.79 Å². The highest BCUT2D eigenvalue weighted by Crippen LogP contribution is 2.40. The van der Waals surface area contributed by atoms with Gasteiger partial charge in [0, 0.05) is 19.7 Å². The van der Waals surface area contributed by atoms with Gasteiger partial charge >= 0.3 is 0 Å². The van der Waals surface area contributed by atoms with Gasteiger partial charge in [0.25, 0.3) is 0 Å². The van der Waals surface area contributed by atoms with E-state index >= 15 is 0 Å². The first-order valence-electron chi connectivity index (χ1n) is 7.95. The number of hydrogen-bond acceptors (Lipinski definition) is 4. The van der Waals surface area contributed by atoms with Crippen LogP contribution in [0.5, 0.6) is 0 Å². The molecule has 1 unspecified atom stereocenters. The topological polar surface area (TPSA) is 67.6 Å². The lowest BCUT2D eigenvalue weighted by Crippen LogP contribution is -2.63. The Morgan fingerprint density at radius 2 is 2.10 bits per heavy atom. The highest BCUT2D eigenvalue weighted by molar-refractivity contribution is 5.86. The third-order valence-corrected chi connectivity index (χ3v) is 4.08. The van der Waals surface area contributed by atoms with E-state index in [0.29, 0.717) is 19.1 Å². The molecule has 118 valence electrons. The third-order valence-electron chi connectivity index (χ3n) is 4.08. The van der Waals surface area contributed by atoms with E-state index in [-0.39, 0.29) is 5.91 Å². The zero-order chi connectivity index (χ0) is 15.0. The molecule has 1 fully saturated rings. The Kier molecular flexibility index (Phi) is 7.48. The largest absolute Gasteiger partial charge is 0.380 e. The number of amides is 1. The van der Waals surface area contributed by atoms with E-state index in [0.717, 1.165) is 45.5 Å². The van der Waals surface area contributed by atoms with Gasteiger partial charge in [0.1, 0.15) is 5.54 Å². The van der Waals surface area contributed by atoms with Gasteiger partial charge in [-0.2, -0.15) is 0 Å². The molecule has 20 heavy (non-hydrogen) atoms. The minimum Gasteiger partial charge on any atom is -0.380 e. The van der Waals surface area contributed by atoms with E-state index in [1.807, 2.05) is 6.92 Å². The molecule has 0 aromatic rings. The van der Waals surface area contributed by atoms with Crippen molar-refractivity contribution in [1.82, 2.24) is 10.2 Å². The van der Waals surface area contributed by atoms with Crippen LogP contribution in [0.3, 0.4) is 0 Å². The van der Waals surface area contributed by atoms with Crippen molar-refractivity contribution in [2.45, 2.75) is 45.6 Å². The van der Waals surface area contributed by atoms with Crippen LogP contribution in [-0.4, -0.2) is 55.7 Å². The molecule has 3 N–H and O–H groups in total. The van der Waals surface area contributed by atoms with Crippen LogP contribution in [0.25, 0.3) is 0 Å². The molecule has 1 saturated carbocycles. The fraction of sp³-hybridized carbons (Fsp3) is 0.933. The minimum atomic E-state index is -0.557. The Morgan fingerprint density at radius 1 is 1.40 bits per heavy atom. The number of rotatable bonds is 12. The Balaban J connectivity index is 2.67. The lowest BCUT2D eigenvalue weighted by atomic mass is 9.91. The summed E-state index contributed by atoms with van der Waals surface area (Å²) in [6, 6.07) is 0. The second-order valence-corrected chi connectivity index (χ2v) is 5.60. The van der Waals surface area contributed by atoms with Gasteiger partial charge in [-0.15, -0.1) is 0 Å². The summed E-state index contributed by atoms with van der Waals surface area (Å²) in [6.07, 6.45) is 3.21. The average molecular weight is 285 g/mol. The Labute approximate surface area is 123 Å². The van der Waals surface area contributed by atoms with Gasteiger partial charge in [-0.05, 0) is 45.2 Å². The maximum Gasteiger partial charge on any atom is 0.239 e. The van der Waals surface area contributed by atoms with Crippen molar-refractivity contribution in [2.24, 2.45) is 11.7 Å². The summed E-state index contributed by atoms with van der Waals surface area (Å²) in [5, 5.41) is 3.44. The van der Waals surface area contributed by atoms with Gasteiger partial charge in [-0.25, -0.2) is 0 Å². The van der Waals surface area contributed by atoms with E-state index in [1.54, 1.807) is 0 Å². The van der Waals surface area contributed by atoms with Crippen LogP contribution < -0.4 is 11.1 Å². The lowest BCUT2D eigenvalue weighted by Gasteiger charge is -2.37. The molecule has 1 aliphatic rings. The molecule has 0 spiro atoms. The number of nitrogens with zero attached hydrogens (tertiary/aromatic N) is 1. The molecule has 1 aliphatic carbocycles. The Morgan fingerprint density at radius 3 is 2.55 bits per heavy atom. The van der Waals surface area contributed by atoms with Crippen molar-refractivity contribution >= 4 is 5.91 Å². The number of hydrogen-bond donors (Lipinski definition) is 2. The summed E-state index contributed by atoms with van der Waals surface area (Å²) in [4.78, 5) is 14.4. The Hall–Kier alpha value is -0.650. The molecule has 0 heterocycles. The first-order chi connectivity index (χ1) is 9.60. The van der Waals surface area contributed by atoms with Crippen molar-refractivity contribution in [3.05, 3.63) is 0 Å². The quantitative estimate of drug-likeness (QED) is 0.525. The zero-order valence-electron chi connectivity index (χ0n) is 13.3. The van der Waals surface area contributed by atoms with Gasteiger partial charge < -0.3 is 15.8 Å². The molecular formula is C15H31N3O2. The number of ether oxygens (including phenoxy) is 1. The molecule has 0 aromatic heterocycles. The normalized spacial score (nSPS) is 18.2. The highest BCUT2D eigenvalue weighted by atomic mass is 16.5. The number of carbonyl (C=O) groups excluding carboxylic acids is 1. The number of likely N-dealkylation sites (N-methyl/N-ethyl adjacent to an activating group) is 1. The summed E-state index contributed by atoms with van der Waals surface area (Å²) in [5.41, 5.74) is 5.19. The summed E-state index contributed by atoms with van der Waals surface area (Å²) < 4.78 is 5.42. The zero-order valence-corrected chi connectivity index (χ0v) is 13.3. The van der Waals surface area contributed by atoms with Crippen LogP contribution in [0.4, 0.5) is 0 Å². The second kappa shape index (κ2) is 8.60. The van der Waals surface area contributed by atoms with Crippen LogP contribution in [0.1, 0.15) is 40.0 Å². The molecule has 0 aliphatic heterocycles. The maximum absolute atomic E-state index is 12.1. The fourth-order valence-corrected chi connectivity index (χ4v) is 2.66. The SMILES string of the molecule is CCCNC(CN(CC)CCOCC)(C(N)=O)C1CC1. The average Bonchev–Trinajstić information content (AvgIpc) is 3.26. The van der Waals surface area contributed by atoms with Gasteiger partial charge in [-0.3, -0.25) is 9.69 Å². The first-order valence-corrected chi connectivity index (χ1v) is 7.95. The van der Waals surface area contributed by atoms with Crippen molar-refractivity contribution in [3.8, 4) is 0 Å². The van der Waals surface area contributed by atoms with Crippen molar-refractivity contribution in [2.75, 3.05) is 39.4 Å². The van der Waals surface area contributed by atoms with E-state index in [2.05, 4.69) is 24.1 Å². The maximum atomic E-state index is 12.1. The Bertz CT molecular complexity index is 295. The van der Waals surface area contributed by atoms with E-state index < -0.39 is 5.54 Å². The molecule has 5 heteroatoms. The number of primary amides is 1. The summed E-state index contributed by atoms with van der Waals surface area (Å²) in [5.74, 6) is 0.191. The van der Waals surface area contributed by atoms with Crippen LogP contribution in [0, 0.1) is 5.92 Å². The molecule has 5 nitrogen and oxygen atoms in total. The van der Waals surface area contributed by atoms with Crippen LogP contribution in [0.2, 0.25) is 0 Å². The predicted molar refractivity (Wildman–Crippen MR) is 81.6 cm³/mol. The minimum absolute atomic E-state index is 0.205. The van der Waals surface area contributed by atoms with E-state index in [1.165, 1.54) is 0 Å². The molecule has 0 saturated heterocycles. The van der Waals surface area contributed by atoms with Gasteiger partial charge in [0.15, 0.2) is 0 Å². The summed E-state index contributed by atoms with van der Waals surface area (Å²) >= 11 is 0. The van der Waals surface area contributed by atoms with Gasteiger partial charge in [-0.1, -0.05) is 13.8 Å². The molecule has 1 atom stereocenters. The predicted octanol–water partition coefficient (Wildman–Crippen LogP) is 0.979. The second-order valence-electron chi connectivity index (χ2n) is 5.60.